The van der Waals surface area contributed by atoms with Crippen molar-refractivity contribution < 1.29 is 14.3 Å². The maximum absolute atomic E-state index is 11.6. The predicted molar refractivity (Wildman–Crippen MR) is 53.2 cm³/mol. The minimum Gasteiger partial charge on any atom is -0.464 e. The van der Waals surface area contributed by atoms with Crippen molar-refractivity contribution in [3.05, 3.63) is 30.1 Å². The van der Waals surface area contributed by atoms with Crippen LogP contribution in [0.15, 0.2) is 24.5 Å². The number of ether oxygens (including phenoxy) is 1. The molecule has 1 aromatic rings. The third kappa shape index (κ3) is 2.85. The minimum atomic E-state index is -1.27. The van der Waals surface area contributed by atoms with Gasteiger partial charge in [0.25, 0.3) is 0 Å². The molecule has 0 aliphatic heterocycles. The van der Waals surface area contributed by atoms with Gasteiger partial charge in [0, 0.05) is 18.0 Å². The summed E-state index contributed by atoms with van der Waals surface area (Å²) in [5.41, 5.74) is 5.73. The van der Waals surface area contributed by atoms with Crippen LogP contribution in [0, 0.1) is 0 Å². The molecule has 2 N–H and O–H groups in total. The van der Waals surface area contributed by atoms with E-state index in [1.54, 1.807) is 19.1 Å². The molecule has 1 atom stereocenters. The normalized spacial score (nSPS) is 11.9. The molecule has 80 valence electrons. The van der Waals surface area contributed by atoms with Crippen LogP contribution in [0.1, 0.15) is 17.3 Å². The molecule has 0 fully saturated rings. The van der Waals surface area contributed by atoms with E-state index in [0.29, 0.717) is 5.56 Å². The Morgan fingerprint density at radius 3 is 2.87 bits per heavy atom. The van der Waals surface area contributed by atoms with Gasteiger partial charge < -0.3 is 10.5 Å². The molecule has 1 heterocycles. The van der Waals surface area contributed by atoms with E-state index >= 15 is 0 Å². The van der Waals surface area contributed by atoms with E-state index in [4.69, 9.17) is 5.73 Å². The summed E-state index contributed by atoms with van der Waals surface area (Å²) in [6.07, 6.45) is 2.90. The van der Waals surface area contributed by atoms with Crippen molar-refractivity contribution in [3.8, 4) is 0 Å². The van der Waals surface area contributed by atoms with Crippen LogP contribution in [0.25, 0.3) is 0 Å². The topological polar surface area (TPSA) is 82.3 Å². The Kier molecular flexibility index (Phi) is 3.93. The van der Waals surface area contributed by atoms with Crippen molar-refractivity contribution in [2.45, 2.75) is 13.0 Å². The number of esters is 1. The maximum atomic E-state index is 11.6. The highest BCUT2D eigenvalue weighted by molar-refractivity contribution is 6.11. The number of carbonyl (C=O) groups is 2. The average molecular weight is 208 g/mol. The number of ketones is 1. The van der Waals surface area contributed by atoms with E-state index in [9.17, 15) is 9.59 Å². The largest absolute Gasteiger partial charge is 0.464 e. The van der Waals surface area contributed by atoms with Crippen LogP contribution in [0.3, 0.4) is 0 Å². The van der Waals surface area contributed by atoms with Crippen LogP contribution >= 0.6 is 0 Å². The standard InChI is InChI=1S/C10H12N2O3/c1-2-15-10(14)8(11)9(13)7-4-3-5-12-6-7/h3-6,8H,2,11H2,1H3/t8-/m0/s1. The van der Waals surface area contributed by atoms with Crippen LogP contribution < -0.4 is 5.73 Å². The number of pyridine rings is 1. The molecular formula is C10H12N2O3. The molecular weight excluding hydrogens is 196 g/mol. The molecule has 0 aliphatic rings. The van der Waals surface area contributed by atoms with Crippen molar-refractivity contribution in [1.29, 1.82) is 0 Å². The monoisotopic (exact) mass is 208 g/mol. The van der Waals surface area contributed by atoms with Gasteiger partial charge in [-0.15, -0.1) is 0 Å². The fourth-order valence-corrected chi connectivity index (χ4v) is 1.03. The molecule has 0 amide bonds. The molecule has 0 aliphatic carbocycles. The first-order valence-electron chi connectivity index (χ1n) is 4.53. The molecule has 0 aromatic carbocycles. The van der Waals surface area contributed by atoms with Crippen LogP contribution in [-0.2, 0) is 9.53 Å². The third-order valence-electron chi connectivity index (χ3n) is 1.77. The van der Waals surface area contributed by atoms with Crippen LogP contribution in [-0.4, -0.2) is 29.4 Å². The highest BCUT2D eigenvalue weighted by Crippen LogP contribution is 2.01. The van der Waals surface area contributed by atoms with Gasteiger partial charge in [0.05, 0.1) is 6.61 Å². The number of hydrogen-bond donors (Lipinski definition) is 1. The Balaban J connectivity index is 2.73. The molecule has 5 nitrogen and oxygen atoms in total. The molecule has 0 unspecified atom stereocenters. The zero-order valence-corrected chi connectivity index (χ0v) is 8.34. The van der Waals surface area contributed by atoms with E-state index in [2.05, 4.69) is 9.72 Å². The lowest BCUT2D eigenvalue weighted by atomic mass is 10.1. The number of nitrogens with two attached hydrogens (primary N) is 1. The number of nitrogens with zero attached hydrogens (tertiary/aromatic N) is 1. The van der Waals surface area contributed by atoms with Gasteiger partial charge in [0.2, 0.25) is 0 Å². The number of rotatable bonds is 4. The van der Waals surface area contributed by atoms with Gasteiger partial charge in [0.15, 0.2) is 11.8 Å². The average Bonchev–Trinajstić information content (AvgIpc) is 2.28. The molecule has 0 radical (unpaired) electrons. The first-order valence-corrected chi connectivity index (χ1v) is 4.53. The molecule has 1 rings (SSSR count). The Bertz CT molecular complexity index is 351. The molecule has 0 saturated heterocycles. The van der Waals surface area contributed by atoms with Gasteiger partial charge in [-0.2, -0.15) is 0 Å². The SMILES string of the molecule is CCOC(=O)[C@@H](N)C(=O)c1cccnc1. The zero-order valence-electron chi connectivity index (χ0n) is 8.34. The van der Waals surface area contributed by atoms with E-state index in [1.165, 1.54) is 12.4 Å². The van der Waals surface area contributed by atoms with Gasteiger partial charge in [-0.1, -0.05) is 0 Å². The summed E-state index contributed by atoms with van der Waals surface area (Å²) in [5.74, 6) is -1.20. The first-order chi connectivity index (χ1) is 7.16. The summed E-state index contributed by atoms with van der Waals surface area (Å²) in [4.78, 5) is 26.5. The molecule has 0 bridgehead atoms. The molecule has 0 saturated carbocycles. The second-order valence-electron chi connectivity index (χ2n) is 2.84. The Morgan fingerprint density at radius 1 is 1.60 bits per heavy atom. The van der Waals surface area contributed by atoms with Crippen molar-refractivity contribution >= 4 is 11.8 Å². The Labute approximate surface area is 87.3 Å². The number of hydrogen-bond acceptors (Lipinski definition) is 5. The van der Waals surface area contributed by atoms with Gasteiger partial charge in [0.1, 0.15) is 0 Å². The molecule has 0 spiro atoms. The van der Waals surface area contributed by atoms with Crippen LogP contribution in [0.5, 0.6) is 0 Å². The summed E-state index contributed by atoms with van der Waals surface area (Å²) in [6, 6.07) is 1.88. The van der Waals surface area contributed by atoms with E-state index in [1.807, 2.05) is 0 Å². The van der Waals surface area contributed by atoms with Gasteiger partial charge in [-0.05, 0) is 19.1 Å². The summed E-state index contributed by atoms with van der Waals surface area (Å²) in [7, 11) is 0. The number of carbonyl (C=O) groups excluding carboxylic acids is 2. The van der Waals surface area contributed by atoms with E-state index in [0.717, 1.165) is 0 Å². The lowest BCUT2D eigenvalue weighted by molar-refractivity contribution is -0.143. The lowest BCUT2D eigenvalue weighted by Crippen LogP contribution is -2.40. The van der Waals surface area contributed by atoms with Crippen LogP contribution in [0.4, 0.5) is 0 Å². The highest BCUT2D eigenvalue weighted by Gasteiger charge is 2.24. The van der Waals surface area contributed by atoms with E-state index in [-0.39, 0.29) is 6.61 Å². The summed E-state index contributed by atoms with van der Waals surface area (Å²) in [5, 5.41) is 0. The van der Waals surface area contributed by atoms with Gasteiger partial charge in [-0.3, -0.25) is 9.78 Å². The Morgan fingerprint density at radius 2 is 2.33 bits per heavy atom. The zero-order chi connectivity index (χ0) is 11.3. The molecule has 1 aromatic heterocycles. The summed E-state index contributed by atoms with van der Waals surface area (Å²) >= 11 is 0. The van der Waals surface area contributed by atoms with Gasteiger partial charge in [-0.25, -0.2) is 4.79 Å². The quantitative estimate of drug-likeness (QED) is 0.433. The second-order valence-corrected chi connectivity index (χ2v) is 2.84. The highest BCUT2D eigenvalue weighted by atomic mass is 16.5. The number of Topliss-reactive ketones (excluding diaryl/α,β-unsaturated/α-hetero) is 1. The third-order valence-corrected chi connectivity index (χ3v) is 1.77. The summed E-state index contributed by atoms with van der Waals surface area (Å²) in [6.45, 7) is 1.85. The van der Waals surface area contributed by atoms with Crippen molar-refractivity contribution in [1.82, 2.24) is 4.98 Å². The fourth-order valence-electron chi connectivity index (χ4n) is 1.03. The lowest BCUT2D eigenvalue weighted by Gasteiger charge is -2.08. The number of aromatic nitrogens is 1. The second kappa shape index (κ2) is 5.21. The van der Waals surface area contributed by atoms with Crippen molar-refractivity contribution in [2.24, 2.45) is 5.73 Å². The molecule has 5 heteroatoms. The van der Waals surface area contributed by atoms with Crippen LogP contribution in [0.2, 0.25) is 0 Å². The van der Waals surface area contributed by atoms with Crippen molar-refractivity contribution in [2.75, 3.05) is 6.61 Å². The minimum absolute atomic E-state index is 0.201. The van der Waals surface area contributed by atoms with E-state index < -0.39 is 17.8 Å². The van der Waals surface area contributed by atoms with Gasteiger partial charge >= 0.3 is 5.97 Å². The summed E-state index contributed by atoms with van der Waals surface area (Å²) < 4.78 is 4.64. The smallest absolute Gasteiger partial charge is 0.331 e. The fraction of sp³-hybridized carbons (Fsp3) is 0.300. The Hall–Kier alpha value is -1.75. The predicted octanol–water partition coefficient (Wildman–Crippen LogP) is 0.155. The maximum Gasteiger partial charge on any atom is 0.331 e. The molecule has 15 heavy (non-hydrogen) atoms. The van der Waals surface area contributed by atoms with Crippen molar-refractivity contribution in [3.63, 3.8) is 0 Å². The first kappa shape index (κ1) is 11.3.